The van der Waals surface area contributed by atoms with E-state index in [1.54, 1.807) is 0 Å². The lowest BCUT2D eigenvalue weighted by molar-refractivity contribution is 0.113. The smallest absolute Gasteiger partial charge is 0.169 e. The highest BCUT2D eigenvalue weighted by Gasteiger charge is 2.16. The molecule has 1 aromatic heterocycles. The number of nitrogens with one attached hydrogen (secondary N) is 1. The van der Waals surface area contributed by atoms with Crippen LogP contribution in [0.3, 0.4) is 0 Å². The van der Waals surface area contributed by atoms with Crippen LogP contribution in [-0.2, 0) is 17.8 Å². The average Bonchev–Trinajstić information content (AvgIpc) is 3.31. The van der Waals surface area contributed by atoms with Crippen molar-refractivity contribution in [3.8, 4) is 0 Å². The minimum absolute atomic E-state index is 0.299. The molecule has 0 amide bonds. The molecule has 0 aliphatic carbocycles. The number of thiocarbonyl (C=S) groups is 1. The Hall–Kier alpha value is -2.11. The molecular weight excluding hydrogens is 354 g/mol. The lowest BCUT2D eigenvalue weighted by atomic mass is 10.1. The van der Waals surface area contributed by atoms with E-state index in [4.69, 9.17) is 17.0 Å². The largest absolute Gasteiger partial charge is 0.376 e. The molecule has 1 saturated heterocycles. The van der Waals surface area contributed by atoms with Crippen LogP contribution in [0.2, 0.25) is 0 Å². The van der Waals surface area contributed by atoms with E-state index < -0.39 is 0 Å². The van der Waals surface area contributed by atoms with Crippen molar-refractivity contribution in [2.24, 2.45) is 0 Å². The maximum absolute atomic E-state index is 5.66. The van der Waals surface area contributed by atoms with Gasteiger partial charge in [-0.05, 0) is 55.7 Å². The summed E-state index contributed by atoms with van der Waals surface area (Å²) in [5.41, 5.74) is 3.86. The highest BCUT2D eigenvalue weighted by molar-refractivity contribution is 7.80. The number of benzene rings is 2. The van der Waals surface area contributed by atoms with Crippen molar-refractivity contribution in [1.29, 1.82) is 0 Å². The van der Waals surface area contributed by atoms with E-state index in [-0.39, 0.29) is 0 Å². The van der Waals surface area contributed by atoms with Gasteiger partial charge in [0.25, 0.3) is 0 Å². The molecule has 1 fully saturated rings. The normalized spacial score (nSPS) is 16.9. The minimum atomic E-state index is 0.299. The molecule has 4 rings (SSSR count). The van der Waals surface area contributed by atoms with E-state index in [0.29, 0.717) is 6.10 Å². The minimum Gasteiger partial charge on any atom is -0.376 e. The summed E-state index contributed by atoms with van der Waals surface area (Å²) in [6.45, 7) is 5.64. The fraction of sp³-hybridized carbons (Fsp3) is 0.409. The molecule has 3 aromatic rings. The van der Waals surface area contributed by atoms with Gasteiger partial charge in [-0.1, -0.05) is 24.3 Å². The number of fused-ring (bicyclic) bond motifs is 3. The Kier molecular flexibility index (Phi) is 5.32. The number of ether oxygens (including phenoxy) is 1. The first-order chi connectivity index (χ1) is 13.2. The summed E-state index contributed by atoms with van der Waals surface area (Å²) >= 11 is 5.56. The molecule has 1 N–H and O–H groups in total. The molecule has 1 aliphatic rings. The Balaban J connectivity index is 1.51. The van der Waals surface area contributed by atoms with Gasteiger partial charge in [0.2, 0.25) is 0 Å². The SMILES string of the molecule is CCn1c2ccccc2c2cc(CN(C)C(=S)NC[C@@H]3CCCO3)ccc21. The zero-order valence-corrected chi connectivity index (χ0v) is 16.9. The highest BCUT2D eigenvalue weighted by Crippen LogP contribution is 2.29. The van der Waals surface area contributed by atoms with Crippen molar-refractivity contribution in [3.05, 3.63) is 48.0 Å². The monoisotopic (exact) mass is 381 g/mol. The molecule has 1 aliphatic heterocycles. The molecule has 2 aromatic carbocycles. The molecule has 0 bridgehead atoms. The van der Waals surface area contributed by atoms with Crippen molar-refractivity contribution >= 4 is 39.1 Å². The van der Waals surface area contributed by atoms with Crippen LogP contribution < -0.4 is 5.32 Å². The van der Waals surface area contributed by atoms with E-state index in [9.17, 15) is 0 Å². The fourth-order valence-electron chi connectivity index (χ4n) is 4.03. The number of hydrogen-bond donors (Lipinski definition) is 1. The van der Waals surface area contributed by atoms with Crippen molar-refractivity contribution in [3.63, 3.8) is 0 Å². The molecule has 1 atom stereocenters. The first-order valence-electron chi connectivity index (χ1n) is 9.78. The molecule has 2 heterocycles. The molecule has 0 unspecified atom stereocenters. The Bertz CT molecular complexity index is 959. The zero-order chi connectivity index (χ0) is 18.8. The summed E-state index contributed by atoms with van der Waals surface area (Å²) in [7, 11) is 2.05. The van der Waals surface area contributed by atoms with Crippen molar-refractivity contribution < 1.29 is 4.74 Å². The van der Waals surface area contributed by atoms with Gasteiger partial charge >= 0.3 is 0 Å². The number of aromatic nitrogens is 1. The van der Waals surface area contributed by atoms with Gasteiger partial charge < -0.3 is 19.5 Å². The Morgan fingerprint density at radius 3 is 2.81 bits per heavy atom. The van der Waals surface area contributed by atoms with Gasteiger partial charge in [-0.25, -0.2) is 0 Å². The molecular formula is C22H27N3OS. The molecule has 27 heavy (non-hydrogen) atoms. The average molecular weight is 382 g/mol. The van der Waals surface area contributed by atoms with E-state index in [1.165, 1.54) is 27.4 Å². The Morgan fingerprint density at radius 2 is 2.04 bits per heavy atom. The van der Waals surface area contributed by atoms with Crippen LogP contribution in [0.4, 0.5) is 0 Å². The van der Waals surface area contributed by atoms with Crippen LogP contribution in [0.15, 0.2) is 42.5 Å². The number of hydrogen-bond acceptors (Lipinski definition) is 2. The van der Waals surface area contributed by atoms with Gasteiger partial charge in [-0.15, -0.1) is 0 Å². The third-order valence-electron chi connectivity index (χ3n) is 5.42. The number of rotatable bonds is 5. The highest BCUT2D eigenvalue weighted by atomic mass is 32.1. The second-order valence-electron chi connectivity index (χ2n) is 7.29. The summed E-state index contributed by atoms with van der Waals surface area (Å²) < 4.78 is 8.04. The van der Waals surface area contributed by atoms with Gasteiger partial charge in [0.1, 0.15) is 0 Å². The zero-order valence-electron chi connectivity index (χ0n) is 16.1. The van der Waals surface area contributed by atoms with Gasteiger partial charge in [-0.2, -0.15) is 0 Å². The van der Waals surface area contributed by atoms with Gasteiger partial charge in [0.15, 0.2) is 5.11 Å². The third-order valence-corrected chi connectivity index (χ3v) is 5.88. The van der Waals surface area contributed by atoms with Crippen LogP contribution in [0, 0.1) is 0 Å². The second-order valence-corrected chi connectivity index (χ2v) is 7.68. The number of para-hydroxylation sites is 1. The quantitative estimate of drug-likeness (QED) is 0.667. The van der Waals surface area contributed by atoms with E-state index in [2.05, 4.69) is 64.2 Å². The third kappa shape index (κ3) is 3.66. The van der Waals surface area contributed by atoms with Gasteiger partial charge in [-0.3, -0.25) is 0 Å². The molecule has 0 saturated carbocycles. The second kappa shape index (κ2) is 7.87. The van der Waals surface area contributed by atoms with Crippen LogP contribution in [-0.4, -0.2) is 40.9 Å². The van der Waals surface area contributed by atoms with Crippen molar-refractivity contribution in [1.82, 2.24) is 14.8 Å². The Morgan fingerprint density at radius 1 is 1.22 bits per heavy atom. The van der Waals surface area contributed by atoms with Crippen LogP contribution >= 0.6 is 12.2 Å². The van der Waals surface area contributed by atoms with Crippen molar-refractivity contribution in [2.45, 2.75) is 39.0 Å². The lowest BCUT2D eigenvalue weighted by Crippen LogP contribution is -2.40. The summed E-state index contributed by atoms with van der Waals surface area (Å²) in [6.07, 6.45) is 2.57. The molecule has 0 spiro atoms. The summed E-state index contributed by atoms with van der Waals surface area (Å²) in [5.74, 6) is 0. The summed E-state index contributed by atoms with van der Waals surface area (Å²) in [5, 5.41) is 6.77. The molecule has 142 valence electrons. The van der Waals surface area contributed by atoms with E-state index in [1.807, 2.05) is 7.05 Å². The maximum Gasteiger partial charge on any atom is 0.169 e. The standard InChI is InChI=1S/C22H27N3OS/c1-3-25-20-9-5-4-8-18(20)19-13-16(10-11-21(19)25)15-24(2)22(27)23-14-17-7-6-12-26-17/h4-5,8-11,13,17H,3,6-7,12,14-15H2,1-2H3,(H,23,27)/t17-/m0/s1. The fourth-order valence-corrected chi connectivity index (χ4v) is 4.17. The van der Waals surface area contributed by atoms with Crippen molar-refractivity contribution in [2.75, 3.05) is 20.2 Å². The van der Waals surface area contributed by atoms with Crippen LogP contribution in [0.25, 0.3) is 21.8 Å². The summed E-state index contributed by atoms with van der Waals surface area (Å²) in [6, 6.07) is 15.4. The van der Waals surface area contributed by atoms with E-state index in [0.717, 1.165) is 44.2 Å². The van der Waals surface area contributed by atoms with Gasteiger partial charge in [0, 0.05) is 55.1 Å². The molecule has 4 nitrogen and oxygen atoms in total. The predicted octanol–water partition coefficient (Wildman–Crippen LogP) is 4.30. The first kappa shape index (κ1) is 18.3. The molecule has 0 radical (unpaired) electrons. The predicted molar refractivity (Wildman–Crippen MR) is 116 cm³/mol. The van der Waals surface area contributed by atoms with Crippen LogP contribution in [0.1, 0.15) is 25.3 Å². The lowest BCUT2D eigenvalue weighted by Gasteiger charge is -2.22. The maximum atomic E-state index is 5.66. The van der Waals surface area contributed by atoms with E-state index >= 15 is 0 Å². The molecule has 5 heteroatoms. The van der Waals surface area contributed by atoms with Gasteiger partial charge in [0.05, 0.1) is 6.10 Å². The topological polar surface area (TPSA) is 29.4 Å². The van der Waals surface area contributed by atoms with Crippen LogP contribution in [0.5, 0.6) is 0 Å². The summed E-state index contributed by atoms with van der Waals surface area (Å²) in [4.78, 5) is 2.10. The number of nitrogens with zero attached hydrogens (tertiary/aromatic N) is 2. The Labute approximate surface area is 166 Å². The first-order valence-corrected chi connectivity index (χ1v) is 10.2. The number of aryl methyl sites for hydroxylation is 1.